The highest BCUT2D eigenvalue weighted by molar-refractivity contribution is 5.59. The zero-order valence-electron chi connectivity index (χ0n) is 13.6. The fourth-order valence-electron chi connectivity index (χ4n) is 2.75. The van der Waals surface area contributed by atoms with Crippen LogP contribution in [0.25, 0.3) is 11.1 Å². The Morgan fingerprint density at radius 3 is 1.76 bits per heavy atom. The van der Waals surface area contributed by atoms with Gasteiger partial charge in [0.2, 0.25) is 0 Å². The van der Waals surface area contributed by atoms with E-state index in [2.05, 4.69) is 22.3 Å². The first-order chi connectivity index (χ1) is 12.3. The molecular weight excluding hydrogens is 315 g/mol. The first-order valence-corrected chi connectivity index (χ1v) is 8.10. The molecule has 2 aromatic carbocycles. The van der Waals surface area contributed by atoms with E-state index in [4.69, 9.17) is 0 Å². The molecule has 0 aliphatic heterocycles. The van der Waals surface area contributed by atoms with Gasteiger partial charge in [0.15, 0.2) is 0 Å². The van der Waals surface area contributed by atoms with Gasteiger partial charge < -0.3 is 0 Å². The van der Waals surface area contributed by atoms with E-state index in [1.807, 2.05) is 52.4 Å². The second-order valence-electron chi connectivity index (χ2n) is 5.97. The maximum atomic E-state index is 13.0. The maximum absolute atomic E-state index is 13.0. The molecule has 0 atom stereocenters. The molecule has 4 rings (SSSR count). The Labute approximate surface area is 145 Å². The van der Waals surface area contributed by atoms with E-state index in [1.54, 1.807) is 12.1 Å². The van der Waals surface area contributed by atoms with Crippen LogP contribution in [0.15, 0.2) is 79.4 Å². The number of nitrogens with zero attached hydrogens (tertiary/aromatic N) is 4. The van der Waals surface area contributed by atoms with E-state index in [0.717, 1.165) is 23.2 Å². The van der Waals surface area contributed by atoms with Crippen LogP contribution >= 0.6 is 0 Å². The van der Waals surface area contributed by atoms with Crippen LogP contribution in [-0.4, -0.2) is 19.6 Å². The summed E-state index contributed by atoms with van der Waals surface area (Å²) in [6.45, 7) is 1.35. The first-order valence-electron chi connectivity index (χ1n) is 8.10. The fraction of sp³-hybridized carbons (Fsp3) is 0.100. The van der Waals surface area contributed by atoms with E-state index >= 15 is 0 Å². The molecule has 0 aliphatic carbocycles. The minimum Gasteiger partial charge on any atom is -0.268 e. The molecule has 5 heteroatoms. The molecular formula is C20H17FN4. The summed E-state index contributed by atoms with van der Waals surface area (Å²) in [5.41, 5.74) is 4.27. The molecule has 4 nitrogen and oxygen atoms in total. The molecule has 0 saturated heterocycles. The van der Waals surface area contributed by atoms with Crippen molar-refractivity contribution in [1.29, 1.82) is 0 Å². The molecule has 0 bridgehead atoms. The van der Waals surface area contributed by atoms with Gasteiger partial charge >= 0.3 is 0 Å². The molecule has 0 aliphatic rings. The molecule has 0 fully saturated rings. The third kappa shape index (κ3) is 3.66. The van der Waals surface area contributed by atoms with Crippen LogP contribution in [0.5, 0.6) is 0 Å². The predicted octanol–water partition coefficient (Wildman–Crippen LogP) is 3.98. The number of aromatic nitrogens is 4. The summed E-state index contributed by atoms with van der Waals surface area (Å²) >= 11 is 0. The van der Waals surface area contributed by atoms with Crippen molar-refractivity contribution in [3.63, 3.8) is 0 Å². The summed E-state index contributed by atoms with van der Waals surface area (Å²) in [7, 11) is 0. The molecule has 2 heterocycles. The summed E-state index contributed by atoms with van der Waals surface area (Å²) < 4.78 is 16.7. The summed E-state index contributed by atoms with van der Waals surface area (Å²) in [4.78, 5) is 0. The van der Waals surface area contributed by atoms with Gasteiger partial charge in [-0.1, -0.05) is 42.5 Å². The number of rotatable bonds is 5. The van der Waals surface area contributed by atoms with Crippen LogP contribution < -0.4 is 0 Å². The van der Waals surface area contributed by atoms with Crippen molar-refractivity contribution in [2.45, 2.75) is 13.1 Å². The second-order valence-corrected chi connectivity index (χ2v) is 5.97. The van der Waals surface area contributed by atoms with Crippen molar-refractivity contribution in [1.82, 2.24) is 19.6 Å². The highest BCUT2D eigenvalue weighted by atomic mass is 19.1. The minimum absolute atomic E-state index is 0.226. The Bertz CT molecular complexity index is 955. The molecule has 0 spiro atoms. The zero-order chi connectivity index (χ0) is 17.1. The van der Waals surface area contributed by atoms with E-state index in [-0.39, 0.29) is 5.82 Å². The quantitative estimate of drug-likeness (QED) is 0.554. The average molecular weight is 332 g/mol. The molecule has 0 N–H and O–H groups in total. The third-order valence-electron chi connectivity index (χ3n) is 4.05. The minimum atomic E-state index is -0.226. The van der Waals surface area contributed by atoms with E-state index in [0.29, 0.717) is 6.54 Å². The lowest BCUT2D eigenvalue weighted by Gasteiger charge is -2.01. The Hall–Kier alpha value is -3.21. The van der Waals surface area contributed by atoms with Crippen molar-refractivity contribution < 1.29 is 4.39 Å². The van der Waals surface area contributed by atoms with Crippen LogP contribution in [0.3, 0.4) is 0 Å². The van der Waals surface area contributed by atoms with Crippen LogP contribution in [0, 0.1) is 5.82 Å². The standard InChI is InChI=1S/C20H17FN4/c21-20-8-6-17(7-9-20)13-25-15-19(11-23-25)18-10-22-24(14-18)12-16-4-2-1-3-5-16/h1-11,14-15H,12-13H2. The highest BCUT2D eigenvalue weighted by Gasteiger charge is 2.06. The molecule has 2 aromatic heterocycles. The number of hydrogen-bond acceptors (Lipinski definition) is 2. The van der Waals surface area contributed by atoms with E-state index in [1.165, 1.54) is 17.7 Å². The van der Waals surface area contributed by atoms with Crippen molar-refractivity contribution >= 4 is 0 Å². The smallest absolute Gasteiger partial charge is 0.123 e. The maximum Gasteiger partial charge on any atom is 0.123 e. The fourth-order valence-corrected chi connectivity index (χ4v) is 2.75. The monoisotopic (exact) mass is 332 g/mol. The molecule has 0 amide bonds. The van der Waals surface area contributed by atoms with Gasteiger partial charge in [-0.15, -0.1) is 0 Å². The molecule has 25 heavy (non-hydrogen) atoms. The number of benzene rings is 2. The lowest BCUT2D eigenvalue weighted by molar-refractivity contribution is 0.624. The lowest BCUT2D eigenvalue weighted by Crippen LogP contribution is -1.99. The summed E-state index contributed by atoms with van der Waals surface area (Å²) in [5.74, 6) is -0.226. The average Bonchev–Trinajstić information content (AvgIpc) is 3.27. The van der Waals surface area contributed by atoms with Gasteiger partial charge in [0.1, 0.15) is 5.82 Å². The molecule has 4 aromatic rings. The summed E-state index contributed by atoms with van der Waals surface area (Å²) in [6.07, 6.45) is 7.68. The van der Waals surface area contributed by atoms with Gasteiger partial charge in [-0.25, -0.2) is 4.39 Å². The van der Waals surface area contributed by atoms with Gasteiger partial charge in [0.25, 0.3) is 0 Å². The molecule has 0 radical (unpaired) electrons. The van der Waals surface area contributed by atoms with Gasteiger partial charge in [-0.3, -0.25) is 9.36 Å². The summed E-state index contributed by atoms with van der Waals surface area (Å²) in [6, 6.07) is 16.7. The van der Waals surface area contributed by atoms with Crippen LogP contribution in [0.2, 0.25) is 0 Å². The van der Waals surface area contributed by atoms with Crippen molar-refractivity contribution in [3.05, 3.63) is 96.3 Å². The molecule has 0 unspecified atom stereocenters. The van der Waals surface area contributed by atoms with Crippen LogP contribution in [-0.2, 0) is 13.1 Å². The van der Waals surface area contributed by atoms with Crippen LogP contribution in [0.4, 0.5) is 4.39 Å². The van der Waals surface area contributed by atoms with Crippen LogP contribution in [0.1, 0.15) is 11.1 Å². The van der Waals surface area contributed by atoms with Gasteiger partial charge in [0.05, 0.1) is 25.5 Å². The van der Waals surface area contributed by atoms with Gasteiger partial charge in [0, 0.05) is 23.5 Å². The van der Waals surface area contributed by atoms with Crippen molar-refractivity contribution in [2.24, 2.45) is 0 Å². The lowest BCUT2D eigenvalue weighted by atomic mass is 10.2. The number of halogens is 1. The van der Waals surface area contributed by atoms with E-state index < -0.39 is 0 Å². The largest absolute Gasteiger partial charge is 0.268 e. The van der Waals surface area contributed by atoms with Gasteiger partial charge in [-0.2, -0.15) is 10.2 Å². The highest BCUT2D eigenvalue weighted by Crippen LogP contribution is 2.18. The Balaban J connectivity index is 1.47. The SMILES string of the molecule is Fc1ccc(Cn2cc(-c3cnn(Cc4ccccc4)c3)cn2)cc1. The summed E-state index contributed by atoms with van der Waals surface area (Å²) in [5, 5.41) is 8.82. The van der Waals surface area contributed by atoms with E-state index in [9.17, 15) is 4.39 Å². The normalized spacial score (nSPS) is 10.9. The topological polar surface area (TPSA) is 35.6 Å². The van der Waals surface area contributed by atoms with Gasteiger partial charge in [-0.05, 0) is 23.3 Å². The molecule has 124 valence electrons. The number of hydrogen-bond donors (Lipinski definition) is 0. The Kier molecular flexibility index (Phi) is 4.12. The third-order valence-corrected chi connectivity index (χ3v) is 4.05. The van der Waals surface area contributed by atoms with Crippen molar-refractivity contribution in [2.75, 3.05) is 0 Å². The molecule has 0 saturated carbocycles. The van der Waals surface area contributed by atoms with Crippen molar-refractivity contribution in [3.8, 4) is 11.1 Å². The first kappa shape index (κ1) is 15.3. The Morgan fingerprint density at radius 2 is 1.20 bits per heavy atom. The second kappa shape index (κ2) is 6.73. The predicted molar refractivity (Wildman–Crippen MR) is 94.5 cm³/mol. The Morgan fingerprint density at radius 1 is 0.680 bits per heavy atom. The zero-order valence-corrected chi connectivity index (χ0v) is 13.6.